The molecule has 0 aromatic heterocycles. The highest BCUT2D eigenvalue weighted by atomic mass is 19.1. The fraction of sp³-hybridized carbons (Fsp3) is 0.240. The quantitative estimate of drug-likeness (QED) is 0.541. The van der Waals surface area contributed by atoms with Crippen molar-refractivity contribution < 1.29 is 9.13 Å². The summed E-state index contributed by atoms with van der Waals surface area (Å²) in [7, 11) is 0. The van der Waals surface area contributed by atoms with Gasteiger partial charge in [-0.1, -0.05) is 86.6 Å². The van der Waals surface area contributed by atoms with E-state index >= 15 is 0 Å². The predicted molar refractivity (Wildman–Crippen MR) is 111 cm³/mol. The normalized spacial score (nSPS) is 18.0. The van der Waals surface area contributed by atoms with Gasteiger partial charge in [-0.3, -0.25) is 0 Å². The monoisotopic (exact) mass is 373 g/mol. The highest BCUT2D eigenvalue weighted by Gasteiger charge is 2.50. The summed E-state index contributed by atoms with van der Waals surface area (Å²) in [6.07, 6.45) is 0.835. The smallest absolute Gasteiger partial charge is 0.220 e. The van der Waals surface area contributed by atoms with Gasteiger partial charge < -0.3 is 4.74 Å². The summed E-state index contributed by atoms with van der Waals surface area (Å²) in [5.74, 6) is 0.474. The van der Waals surface area contributed by atoms with Crippen LogP contribution in [0.1, 0.15) is 37.0 Å². The van der Waals surface area contributed by atoms with Crippen LogP contribution in [0.4, 0.5) is 4.39 Å². The highest BCUT2D eigenvalue weighted by molar-refractivity contribution is 5.96. The number of ether oxygens (including phenoxy) is 1. The van der Waals surface area contributed by atoms with Gasteiger partial charge in [0, 0.05) is 11.1 Å². The van der Waals surface area contributed by atoms with Crippen LogP contribution in [0.5, 0.6) is 0 Å². The maximum Gasteiger partial charge on any atom is 0.220 e. The number of rotatable bonds is 5. The number of benzene rings is 3. The Hall–Kier alpha value is -2.94. The zero-order valence-electron chi connectivity index (χ0n) is 16.2. The third-order valence-corrected chi connectivity index (χ3v) is 5.20. The molecule has 1 atom stereocenters. The largest absolute Gasteiger partial charge is 0.459 e. The maximum atomic E-state index is 14.5. The average molecular weight is 373 g/mol. The number of hydrogen-bond acceptors (Lipinski definition) is 2. The van der Waals surface area contributed by atoms with Crippen molar-refractivity contribution in [3.8, 4) is 0 Å². The van der Waals surface area contributed by atoms with Gasteiger partial charge in [0.15, 0.2) is 5.60 Å². The molecule has 0 unspecified atom stereocenters. The van der Waals surface area contributed by atoms with E-state index in [4.69, 9.17) is 9.73 Å². The van der Waals surface area contributed by atoms with Gasteiger partial charge in [-0.05, 0) is 24.5 Å². The van der Waals surface area contributed by atoms with Crippen molar-refractivity contribution in [1.82, 2.24) is 0 Å². The van der Waals surface area contributed by atoms with E-state index in [9.17, 15) is 4.39 Å². The first-order valence-corrected chi connectivity index (χ1v) is 9.74. The third kappa shape index (κ3) is 3.22. The van der Waals surface area contributed by atoms with E-state index in [-0.39, 0.29) is 11.9 Å². The van der Waals surface area contributed by atoms with E-state index in [1.54, 1.807) is 12.1 Å². The number of halogens is 1. The second kappa shape index (κ2) is 7.59. The van der Waals surface area contributed by atoms with Crippen LogP contribution in [0, 0.1) is 11.7 Å². The Morgan fingerprint density at radius 3 is 1.93 bits per heavy atom. The molecule has 0 spiro atoms. The van der Waals surface area contributed by atoms with Crippen LogP contribution < -0.4 is 0 Å². The molecule has 3 aromatic carbocycles. The molecular formula is C25H24FNO. The highest BCUT2D eigenvalue weighted by Crippen LogP contribution is 2.45. The molecule has 142 valence electrons. The third-order valence-electron chi connectivity index (χ3n) is 5.20. The molecule has 1 aliphatic rings. The van der Waals surface area contributed by atoms with Crippen molar-refractivity contribution >= 4 is 5.90 Å². The summed E-state index contributed by atoms with van der Waals surface area (Å²) in [5, 5.41) is 0. The summed E-state index contributed by atoms with van der Waals surface area (Å²) < 4.78 is 21.1. The first-order chi connectivity index (χ1) is 13.6. The zero-order chi connectivity index (χ0) is 19.6. The lowest BCUT2D eigenvalue weighted by atomic mass is 9.77. The van der Waals surface area contributed by atoms with Gasteiger partial charge in [-0.15, -0.1) is 0 Å². The maximum absolute atomic E-state index is 14.5. The lowest BCUT2D eigenvalue weighted by molar-refractivity contribution is 0.0899. The summed E-state index contributed by atoms with van der Waals surface area (Å²) >= 11 is 0. The molecular weight excluding hydrogens is 349 g/mol. The molecule has 3 aromatic rings. The molecule has 0 radical (unpaired) electrons. The van der Waals surface area contributed by atoms with Gasteiger partial charge in [0.25, 0.3) is 0 Å². The van der Waals surface area contributed by atoms with Gasteiger partial charge in [-0.25, -0.2) is 9.38 Å². The van der Waals surface area contributed by atoms with Crippen molar-refractivity contribution in [3.63, 3.8) is 0 Å². The standard InChI is InChI=1S/C25H24FNO/c1-18(2)17-23-25(19-11-5-3-6-12-19,20-13-7-4-8-14-20)28-24(27-23)21-15-9-10-16-22(21)26/h3-16,18,23H,17H2,1-2H3/t23-/m0/s1. The van der Waals surface area contributed by atoms with Crippen LogP contribution in [0.2, 0.25) is 0 Å². The molecule has 0 fully saturated rings. The minimum Gasteiger partial charge on any atom is -0.459 e. The molecule has 1 aliphatic heterocycles. The van der Waals surface area contributed by atoms with E-state index in [2.05, 4.69) is 38.1 Å². The molecule has 1 heterocycles. The fourth-order valence-corrected chi connectivity index (χ4v) is 3.94. The molecule has 0 saturated heterocycles. The summed E-state index contributed by atoms with van der Waals surface area (Å²) in [6.45, 7) is 4.36. The average Bonchev–Trinajstić information content (AvgIpc) is 3.09. The molecule has 28 heavy (non-hydrogen) atoms. The Balaban J connectivity index is 1.90. The first kappa shape index (κ1) is 18.4. The topological polar surface area (TPSA) is 21.6 Å². The lowest BCUT2D eigenvalue weighted by Crippen LogP contribution is -2.39. The van der Waals surface area contributed by atoms with E-state index < -0.39 is 5.60 Å². The fourth-order valence-electron chi connectivity index (χ4n) is 3.94. The Morgan fingerprint density at radius 2 is 1.39 bits per heavy atom. The number of nitrogens with zero attached hydrogens (tertiary/aromatic N) is 1. The van der Waals surface area contributed by atoms with Crippen molar-refractivity contribution in [2.45, 2.75) is 31.9 Å². The number of aliphatic imine (C=N–C) groups is 1. The number of hydrogen-bond donors (Lipinski definition) is 0. The SMILES string of the molecule is CC(C)C[C@@H]1N=C(c2ccccc2F)OC1(c1ccccc1)c1ccccc1. The molecule has 0 aliphatic carbocycles. The van der Waals surface area contributed by atoms with Crippen LogP contribution in [0.3, 0.4) is 0 Å². The van der Waals surface area contributed by atoms with E-state index in [1.165, 1.54) is 6.07 Å². The van der Waals surface area contributed by atoms with Gasteiger partial charge >= 0.3 is 0 Å². The van der Waals surface area contributed by atoms with E-state index in [1.807, 2.05) is 42.5 Å². The van der Waals surface area contributed by atoms with Crippen molar-refractivity contribution in [2.24, 2.45) is 10.9 Å². The predicted octanol–water partition coefficient (Wildman–Crippen LogP) is 5.96. The molecule has 0 bridgehead atoms. The van der Waals surface area contributed by atoms with Crippen LogP contribution in [-0.4, -0.2) is 11.9 Å². The van der Waals surface area contributed by atoms with E-state index in [0.717, 1.165) is 17.5 Å². The van der Waals surface area contributed by atoms with E-state index in [0.29, 0.717) is 17.4 Å². The van der Waals surface area contributed by atoms with Gasteiger partial charge in [0.05, 0.1) is 5.56 Å². The first-order valence-electron chi connectivity index (χ1n) is 9.74. The molecule has 3 heteroatoms. The minimum absolute atomic E-state index is 0.146. The Labute approximate surface area is 165 Å². The Morgan fingerprint density at radius 1 is 0.857 bits per heavy atom. The molecule has 0 N–H and O–H groups in total. The second-order valence-corrected chi connectivity index (χ2v) is 7.63. The molecule has 0 saturated carbocycles. The Kier molecular flexibility index (Phi) is 4.99. The lowest BCUT2D eigenvalue weighted by Gasteiger charge is -2.35. The van der Waals surface area contributed by atoms with Gasteiger partial charge in [0.1, 0.15) is 11.9 Å². The van der Waals surface area contributed by atoms with Crippen LogP contribution in [-0.2, 0) is 10.3 Å². The van der Waals surface area contributed by atoms with Crippen molar-refractivity contribution in [2.75, 3.05) is 0 Å². The van der Waals surface area contributed by atoms with Crippen LogP contribution in [0.15, 0.2) is 89.9 Å². The van der Waals surface area contributed by atoms with Crippen molar-refractivity contribution in [1.29, 1.82) is 0 Å². The van der Waals surface area contributed by atoms with Gasteiger partial charge in [-0.2, -0.15) is 0 Å². The second-order valence-electron chi connectivity index (χ2n) is 7.63. The molecule has 2 nitrogen and oxygen atoms in total. The molecule has 4 rings (SSSR count). The van der Waals surface area contributed by atoms with Crippen LogP contribution >= 0.6 is 0 Å². The zero-order valence-corrected chi connectivity index (χ0v) is 16.2. The van der Waals surface area contributed by atoms with Crippen molar-refractivity contribution in [3.05, 3.63) is 107 Å². The van der Waals surface area contributed by atoms with Gasteiger partial charge in [0.2, 0.25) is 5.90 Å². The Bertz CT molecular complexity index is 927. The summed E-state index contributed by atoms with van der Waals surface area (Å²) in [4.78, 5) is 4.92. The van der Waals surface area contributed by atoms with Crippen LogP contribution in [0.25, 0.3) is 0 Å². The summed E-state index contributed by atoms with van der Waals surface area (Å²) in [6, 6.07) is 26.8. The summed E-state index contributed by atoms with van der Waals surface area (Å²) in [5.41, 5.74) is 1.69. The minimum atomic E-state index is -0.773. The molecule has 0 amide bonds.